The molecule has 2 rings (SSSR count). The number of nitrogens with zero attached hydrogens (tertiary/aromatic N) is 2. The molecule has 0 saturated heterocycles. The van der Waals surface area contributed by atoms with Crippen LogP contribution in [0.2, 0.25) is 0 Å². The van der Waals surface area contributed by atoms with Gasteiger partial charge in [0.2, 0.25) is 5.01 Å². The van der Waals surface area contributed by atoms with Crippen molar-refractivity contribution in [2.75, 3.05) is 6.61 Å². The van der Waals surface area contributed by atoms with Crippen LogP contribution in [0, 0.1) is 17.0 Å². The number of carbonyl (C=O) groups excluding carboxylic acids is 1. The highest BCUT2D eigenvalue weighted by molar-refractivity contribution is 7.13. The average Bonchev–Trinajstić information content (AvgIpc) is 2.81. The summed E-state index contributed by atoms with van der Waals surface area (Å²) in [5.74, 6) is -0.475. The van der Waals surface area contributed by atoms with Gasteiger partial charge in [0.25, 0.3) is 5.69 Å². The number of aromatic nitrogens is 1. The zero-order valence-corrected chi connectivity index (χ0v) is 11.8. The van der Waals surface area contributed by atoms with Gasteiger partial charge in [0, 0.05) is 22.6 Å². The normalized spacial score (nSPS) is 10.3. The third-order valence-corrected chi connectivity index (χ3v) is 3.53. The second-order valence-corrected chi connectivity index (χ2v) is 5.15. The molecule has 6 nitrogen and oxygen atoms in total. The molecule has 0 fully saturated rings. The van der Waals surface area contributed by atoms with Crippen LogP contribution in [0.1, 0.15) is 21.6 Å². The Morgan fingerprint density at radius 1 is 1.50 bits per heavy atom. The number of thiazole rings is 1. The number of rotatable bonds is 4. The van der Waals surface area contributed by atoms with Crippen LogP contribution < -0.4 is 0 Å². The van der Waals surface area contributed by atoms with Gasteiger partial charge in [-0.1, -0.05) is 12.1 Å². The van der Waals surface area contributed by atoms with E-state index in [-0.39, 0.29) is 17.3 Å². The van der Waals surface area contributed by atoms with Gasteiger partial charge in [0.1, 0.15) is 0 Å². The number of esters is 1. The van der Waals surface area contributed by atoms with Crippen LogP contribution in [-0.4, -0.2) is 22.5 Å². The number of aryl methyl sites for hydroxylation is 1. The highest BCUT2D eigenvalue weighted by Crippen LogP contribution is 2.29. The summed E-state index contributed by atoms with van der Waals surface area (Å²) in [6.45, 7) is 3.82. The molecular weight excluding hydrogens is 280 g/mol. The van der Waals surface area contributed by atoms with Gasteiger partial charge < -0.3 is 4.74 Å². The van der Waals surface area contributed by atoms with Crippen molar-refractivity contribution >= 4 is 23.0 Å². The number of benzene rings is 1. The molecule has 0 amide bonds. The molecule has 0 N–H and O–H groups in total. The standard InChI is InChI=1S/C13H12N2O4S/c1-3-19-13(16)12-14-11(8(2)20-12)9-5-4-6-10(7-9)15(17)18/h4-7H,3H2,1-2H3. The van der Waals surface area contributed by atoms with E-state index in [1.165, 1.54) is 23.5 Å². The number of nitro groups is 1. The summed E-state index contributed by atoms with van der Waals surface area (Å²) in [6.07, 6.45) is 0. The van der Waals surface area contributed by atoms with Crippen LogP contribution >= 0.6 is 11.3 Å². The molecular formula is C13H12N2O4S. The highest BCUT2D eigenvalue weighted by atomic mass is 32.1. The molecule has 1 heterocycles. The lowest BCUT2D eigenvalue weighted by atomic mass is 10.1. The van der Waals surface area contributed by atoms with Crippen molar-refractivity contribution in [3.8, 4) is 11.3 Å². The molecule has 7 heteroatoms. The van der Waals surface area contributed by atoms with Gasteiger partial charge in [-0.3, -0.25) is 10.1 Å². The topological polar surface area (TPSA) is 82.3 Å². The minimum atomic E-state index is -0.475. The summed E-state index contributed by atoms with van der Waals surface area (Å²) in [7, 11) is 0. The van der Waals surface area contributed by atoms with E-state index in [0.717, 1.165) is 4.88 Å². The van der Waals surface area contributed by atoms with E-state index in [0.29, 0.717) is 11.3 Å². The molecule has 0 aliphatic heterocycles. The van der Waals surface area contributed by atoms with Crippen molar-refractivity contribution in [2.24, 2.45) is 0 Å². The lowest BCUT2D eigenvalue weighted by Gasteiger charge is -1.98. The number of nitro benzene ring substituents is 1. The number of hydrogen-bond donors (Lipinski definition) is 0. The Hall–Kier alpha value is -2.28. The Morgan fingerprint density at radius 3 is 2.90 bits per heavy atom. The summed E-state index contributed by atoms with van der Waals surface area (Å²) in [5, 5.41) is 11.0. The zero-order chi connectivity index (χ0) is 14.7. The van der Waals surface area contributed by atoms with Crippen molar-refractivity contribution in [2.45, 2.75) is 13.8 Å². The molecule has 1 aromatic carbocycles. The largest absolute Gasteiger partial charge is 0.461 e. The second-order valence-electron chi connectivity index (χ2n) is 3.95. The fourth-order valence-corrected chi connectivity index (χ4v) is 2.54. The molecule has 0 radical (unpaired) electrons. The monoisotopic (exact) mass is 292 g/mol. The van der Waals surface area contributed by atoms with Crippen molar-refractivity contribution in [1.82, 2.24) is 4.98 Å². The molecule has 104 valence electrons. The Kier molecular flexibility index (Phi) is 4.09. The Bertz CT molecular complexity index is 666. The van der Waals surface area contributed by atoms with E-state index in [9.17, 15) is 14.9 Å². The molecule has 0 unspecified atom stereocenters. The van der Waals surface area contributed by atoms with Crippen LogP contribution in [0.4, 0.5) is 5.69 Å². The minimum Gasteiger partial charge on any atom is -0.461 e. The SMILES string of the molecule is CCOC(=O)c1nc(-c2cccc([N+](=O)[O-])c2)c(C)s1. The first-order valence-corrected chi connectivity index (χ1v) is 6.74. The first-order chi connectivity index (χ1) is 9.52. The minimum absolute atomic E-state index is 0.00687. The van der Waals surface area contributed by atoms with Gasteiger partial charge >= 0.3 is 5.97 Å². The smallest absolute Gasteiger partial charge is 0.367 e. The summed E-state index contributed by atoms with van der Waals surface area (Å²) in [4.78, 5) is 27.0. The summed E-state index contributed by atoms with van der Waals surface area (Å²) < 4.78 is 4.89. The lowest BCUT2D eigenvalue weighted by molar-refractivity contribution is -0.384. The molecule has 0 spiro atoms. The van der Waals surface area contributed by atoms with Gasteiger partial charge in [0.15, 0.2) is 0 Å². The van der Waals surface area contributed by atoms with Crippen LogP contribution in [0.5, 0.6) is 0 Å². The van der Waals surface area contributed by atoms with Crippen molar-refractivity contribution < 1.29 is 14.5 Å². The molecule has 1 aromatic heterocycles. The van der Waals surface area contributed by atoms with E-state index in [4.69, 9.17) is 4.74 Å². The molecule has 0 atom stereocenters. The molecule has 0 aliphatic carbocycles. The fourth-order valence-electron chi connectivity index (χ4n) is 1.71. The van der Waals surface area contributed by atoms with Crippen LogP contribution in [0.3, 0.4) is 0 Å². The average molecular weight is 292 g/mol. The van der Waals surface area contributed by atoms with Gasteiger partial charge in [-0.15, -0.1) is 11.3 Å². The van der Waals surface area contributed by atoms with Gasteiger partial charge in [-0.05, 0) is 13.8 Å². The molecule has 2 aromatic rings. The lowest BCUT2D eigenvalue weighted by Crippen LogP contribution is -2.03. The summed E-state index contributed by atoms with van der Waals surface area (Å²) in [5.41, 5.74) is 1.18. The molecule has 0 aliphatic rings. The van der Waals surface area contributed by atoms with Crippen LogP contribution in [0.25, 0.3) is 11.3 Å². The maximum Gasteiger partial charge on any atom is 0.367 e. The number of hydrogen-bond acceptors (Lipinski definition) is 6. The summed E-state index contributed by atoms with van der Waals surface area (Å²) in [6, 6.07) is 6.18. The van der Waals surface area contributed by atoms with E-state index < -0.39 is 10.9 Å². The Labute approximate surface area is 119 Å². The molecule has 20 heavy (non-hydrogen) atoms. The van der Waals surface area contributed by atoms with Gasteiger partial charge in [-0.25, -0.2) is 9.78 Å². The van der Waals surface area contributed by atoms with E-state index in [1.807, 2.05) is 6.92 Å². The predicted octanol–water partition coefficient (Wildman–Crippen LogP) is 3.20. The third-order valence-electron chi connectivity index (χ3n) is 2.58. The fraction of sp³-hybridized carbons (Fsp3) is 0.231. The Morgan fingerprint density at radius 2 is 2.25 bits per heavy atom. The Balaban J connectivity index is 2.40. The van der Waals surface area contributed by atoms with Crippen LogP contribution in [0.15, 0.2) is 24.3 Å². The predicted molar refractivity (Wildman–Crippen MR) is 74.9 cm³/mol. The number of non-ortho nitro benzene ring substituents is 1. The first-order valence-electron chi connectivity index (χ1n) is 5.92. The number of carbonyl (C=O) groups is 1. The number of ether oxygens (including phenoxy) is 1. The van der Waals surface area contributed by atoms with Crippen molar-refractivity contribution in [3.63, 3.8) is 0 Å². The van der Waals surface area contributed by atoms with E-state index in [1.54, 1.807) is 19.1 Å². The van der Waals surface area contributed by atoms with Crippen LogP contribution in [-0.2, 0) is 4.74 Å². The summed E-state index contributed by atoms with van der Waals surface area (Å²) >= 11 is 1.22. The van der Waals surface area contributed by atoms with E-state index in [2.05, 4.69) is 4.98 Å². The first kappa shape index (κ1) is 14.1. The maximum atomic E-state index is 11.6. The maximum absolute atomic E-state index is 11.6. The van der Waals surface area contributed by atoms with Crippen molar-refractivity contribution in [1.29, 1.82) is 0 Å². The third kappa shape index (κ3) is 2.83. The highest BCUT2D eigenvalue weighted by Gasteiger charge is 2.17. The molecule has 0 saturated carbocycles. The second kappa shape index (κ2) is 5.79. The van der Waals surface area contributed by atoms with Gasteiger partial charge in [-0.2, -0.15) is 0 Å². The molecule has 0 bridgehead atoms. The van der Waals surface area contributed by atoms with Gasteiger partial charge in [0.05, 0.1) is 17.2 Å². The van der Waals surface area contributed by atoms with E-state index >= 15 is 0 Å². The zero-order valence-electron chi connectivity index (χ0n) is 11.0. The quantitative estimate of drug-likeness (QED) is 0.491. The van der Waals surface area contributed by atoms with Crippen molar-refractivity contribution in [3.05, 3.63) is 44.3 Å².